The van der Waals surface area contributed by atoms with Crippen LogP contribution in [0, 0.1) is 6.92 Å². The Morgan fingerprint density at radius 2 is 1.69 bits per heavy atom. The van der Waals surface area contributed by atoms with E-state index in [0.717, 1.165) is 16.3 Å². The zero-order chi connectivity index (χ0) is 31.0. The lowest BCUT2D eigenvalue weighted by atomic mass is 10.1. The van der Waals surface area contributed by atoms with Crippen molar-refractivity contribution >= 4 is 55.1 Å². The average Bonchev–Trinajstić information content (AvgIpc) is 2.96. The van der Waals surface area contributed by atoms with Crippen molar-refractivity contribution in [2.75, 3.05) is 18.0 Å². The highest BCUT2D eigenvalue weighted by molar-refractivity contribution is 9.10. The molecule has 42 heavy (non-hydrogen) atoms. The van der Waals surface area contributed by atoms with Crippen LogP contribution >= 0.6 is 27.5 Å². The summed E-state index contributed by atoms with van der Waals surface area (Å²) in [5.41, 5.74) is 1.89. The minimum Gasteiger partial charge on any atom is -0.496 e. The van der Waals surface area contributed by atoms with E-state index in [1.54, 1.807) is 54.6 Å². The molecular formula is C31H37BrClN3O5S. The third-order valence-corrected chi connectivity index (χ3v) is 9.76. The van der Waals surface area contributed by atoms with Gasteiger partial charge in [0.25, 0.3) is 10.0 Å². The third-order valence-electron chi connectivity index (χ3n) is 7.00. The Kier molecular flexibility index (Phi) is 11.8. The minimum absolute atomic E-state index is 0.0252. The van der Waals surface area contributed by atoms with Crippen LogP contribution < -0.4 is 14.4 Å². The van der Waals surface area contributed by atoms with Crippen LogP contribution in [0.25, 0.3) is 0 Å². The normalized spacial score (nSPS) is 12.7. The second-order valence-electron chi connectivity index (χ2n) is 10.00. The van der Waals surface area contributed by atoms with E-state index < -0.39 is 28.5 Å². The fraction of sp³-hybridized carbons (Fsp3) is 0.355. The highest BCUT2D eigenvalue weighted by Gasteiger charge is 2.34. The van der Waals surface area contributed by atoms with Gasteiger partial charge in [0.2, 0.25) is 11.8 Å². The number of amides is 2. The Balaban J connectivity index is 2.09. The summed E-state index contributed by atoms with van der Waals surface area (Å²) in [5, 5.41) is 3.41. The second-order valence-corrected chi connectivity index (χ2v) is 13.1. The molecule has 0 heterocycles. The Hall–Kier alpha value is -3.08. The first-order valence-electron chi connectivity index (χ1n) is 13.7. The van der Waals surface area contributed by atoms with Gasteiger partial charge in [0.1, 0.15) is 18.3 Å². The summed E-state index contributed by atoms with van der Waals surface area (Å²) in [5.74, 6) is -0.384. The van der Waals surface area contributed by atoms with Crippen molar-refractivity contribution < 1.29 is 22.7 Å². The number of benzene rings is 3. The van der Waals surface area contributed by atoms with Gasteiger partial charge in [-0.1, -0.05) is 61.3 Å². The summed E-state index contributed by atoms with van der Waals surface area (Å²) in [4.78, 5) is 29.0. The van der Waals surface area contributed by atoms with Gasteiger partial charge >= 0.3 is 0 Å². The standard InChI is InChI=1S/C31H37BrClN3O5S/c1-6-22(4)34-31(38)28(7-2)35(19-23-10-8-9-11-27(23)33)30(37)20-36(24-14-12-21(3)13-15-24)42(39,40)25-16-17-29(41-5)26(32)18-25/h8-18,22,28H,6-7,19-20H2,1-5H3,(H,34,38)/t22-,28+/m0/s1. The summed E-state index contributed by atoms with van der Waals surface area (Å²) in [6, 6.07) is 17.4. The van der Waals surface area contributed by atoms with Crippen LogP contribution in [0.15, 0.2) is 76.1 Å². The number of carbonyl (C=O) groups excluding carboxylic acids is 2. The minimum atomic E-state index is -4.23. The van der Waals surface area contributed by atoms with E-state index in [9.17, 15) is 18.0 Å². The van der Waals surface area contributed by atoms with E-state index in [4.69, 9.17) is 16.3 Å². The van der Waals surface area contributed by atoms with Crippen molar-refractivity contribution in [3.8, 4) is 5.75 Å². The molecule has 0 fully saturated rings. The zero-order valence-electron chi connectivity index (χ0n) is 24.4. The molecule has 1 N–H and O–H groups in total. The number of halogens is 2. The van der Waals surface area contributed by atoms with Gasteiger partial charge in [0.05, 0.1) is 22.2 Å². The van der Waals surface area contributed by atoms with Crippen LogP contribution in [-0.4, -0.2) is 50.9 Å². The average molecular weight is 679 g/mol. The molecule has 0 bridgehead atoms. The largest absolute Gasteiger partial charge is 0.496 e. The third kappa shape index (κ3) is 8.05. The quantitative estimate of drug-likeness (QED) is 0.228. The fourth-order valence-electron chi connectivity index (χ4n) is 4.35. The number of ether oxygens (including phenoxy) is 1. The van der Waals surface area contributed by atoms with Crippen molar-refractivity contribution in [3.05, 3.63) is 87.4 Å². The van der Waals surface area contributed by atoms with Gasteiger partial charge in [-0.25, -0.2) is 8.42 Å². The molecule has 226 valence electrons. The number of rotatable bonds is 13. The van der Waals surface area contributed by atoms with E-state index in [-0.39, 0.29) is 23.4 Å². The van der Waals surface area contributed by atoms with Crippen LogP contribution in [0.1, 0.15) is 44.7 Å². The Bertz CT molecular complexity index is 1500. The van der Waals surface area contributed by atoms with E-state index in [0.29, 0.717) is 32.9 Å². The molecule has 0 saturated heterocycles. The maximum atomic E-state index is 14.2. The van der Waals surface area contributed by atoms with Crippen LogP contribution in [0.2, 0.25) is 5.02 Å². The number of anilines is 1. The summed E-state index contributed by atoms with van der Waals surface area (Å²) in [7, 11) is -2.74. The lowest BCUT2D eigenvalue weighted by molar-refractivity contribution is -0.140. The molecule has 11 heteroatoms. The SMILES string of the molecule is CC[C@H](C(=O)N[C@@H](C)CC)N(Cc1ccccc1Cl)C(=O)CN(c1ccc(C)cc1)S(=O)(=O)c1ccc(OC)c(Br)c1. The predicted molar refractivity (Wildman–Crippen MR) is 170 cm³/mol. The van der Waals surface area contributed by atoms with E-state index >= 15 is 0 Å². The lowest BCUT2D eigenvalue weighted by Gasteiger charge is -2.34. The number of nitrogens with zero attached hydrogens (tertiary/aromatic N) is 2. The number of carbonyl (C=O) groups is 2. The summed E-state index contributed by atoms with van der Waals surface area (Å²) >= 11 is 9.82. The highest BCUT2D eigenvalue weighted by Crippen LogP contribution is 2.31. The molecule has 2 atom stereocenters. The number of aryl methyl sites for hydroxylation is 1. The van der Waals surface area contributed by atoms with Gasteiger partial charge in [-0.15, -0.1) is 0 Å². The summed E-state index contributed by atoms with van der Waals surface area (Å²) < 4.78 is 35.0. The summed E-state index contributed by atoms with van der Waals surface area (Å²) in [6.07, 6.45) is 1.04. The molecule has 0 aliphatic heterocycles. The van der Waals surface area contributed by atoms with Crippen molar-refractivity contribution in [2.45, 2.75) is 64.1 Å². The number of sulfonamides is 1. The monoisotopic (exact) mass is 677 g/mol. The molecule has 0 saturated carbocycles. The van der Waals surface area contributed by atoms with Crippen LogP contribution in [-0.2, 0) is 26.2 Å². The highest BCUT2D eigenvalue weighted by atomic mass is 79.9. The molecule has 0 spiro atoms. The van der Waals surface area contributed by atoms with Crippen LogP contribution in [0.5, 0.6) is 5.75 Å². The topological polar surface area (TPSA) is 96.0 Å². The molecule has 0 unspecified atom stereocenters. The lowest BCUT2D eigenvalue weighted by Crippen LogP contribution is -2.53. The fourth-order valence-corrected chi connectivity index (χ4v) is 6.67. The second kappa shape index (κ2) is 14.9. The van der Waals surface area contributed by atoms with Gasteiger partial charge in [-0.2, -0.15) is 0 Å². The molecule has 3 aromatic carbocycles. The van der Waals surface area contributed by atoms with Crippen molar-refractivity contribution in [2.24, 2.45) is 0 Å². The van der Waals surface area contributed by atoms with Crippen molar-refractivity contribution in [1.82, 2.24) is 10.2 Å². The number of methoxy groups -OCH3 is 1. The van der Waals surface area contributed by atoms with Gasteiger partial charge in [0.15, 0.2) is 0 Å². The molecule has 2 amide bonds. The first-order chi connectivity index (χ1) is 19.9. The maximum Gasteiger partial charge on any atom is 0.264 e. The predicted octanol–water partition coefficient (Wildman–Crippen LogP) is 6.34. The zero-order valence-corrected chi connectivity index (χ0v) is 27.6. The maximum absolute atomic E-state index is 14.2. The van der Waals surface area contributed by atoms with Gasteiger partial charge in [-0.3, -0.25) is 13.9 Å². The molecular weight excluding hydrogens is 642 g/mol. The number of hydrogen-bond acceptors (Lipinski definition) is 5. The smallest absolute Gasteiger partial charge is 0.264 e. The van der Waals surface area contributed by atoms with E-state index in [1.807, 2.05) is 27.7 Å². The van der Waals surface area contributed by atoms with Gasteiger partial charge in [0, 0.05) is 17.6 Å². The number of nitrogens with one attached hydrogen (secondary N) is 1. The van der Waals surface area contributed by atoms with Gasteiger partial charge in [-0.05, 0) is 84.6 Å². The molecule has 0 aliphatic rings. The Labute approximate surface area is 262 Å². The Morgan fingerprint density at radius 1 is 1.02 bits per heavy atom. The first-order valence-corrected chi connectivity index (χ1v) is 16.3. The van der Waals surface area contributed by atoms with Gasteiger partial charge < -0.3 is 15.0 Å². The van der Waals surface area contributed by atoms with E-state index in [2.05, 4.69) is 21.2 Å². The molecule has 0 radical (unpaired) electrons. The van der Waals surface area contributed by atoms with Crippen LogP contribution in [0.4, 0.5) is 5.69 Å². The van der Waals surface area contributed by atoms with Crippen LogP contribution in [0.3, 0.4) is 0 Å². The number of hydrogen-bond donors (Lipinski definition) is 1. The molecule has 3 aromatic rings. The van der Waals surface area contributed by atoms with E-state index in [1.165, 1.54) is 24.1 Å². The molecule has 0 aliphatic carbocycles. The first kappa shape index (κ1) is 33.4. The molecule has 0 aromatic heterocycles. The summed E-state index contributed by atoms with van der Waals surface area (Å²) in [6.45, 7) is 7.05. The molecule has 8 nitrogen and oxygen atoms in total. The van der Waals surface area contributed by atoms with Crippen molar-refractivity contribution in [3.63, 3.8) is 0 Å². The van der Waals surface area contributed by atoms with Crippen molar-refractivity contribution in [1.29, 1.82) is 0 Å². The molecule has 3 rings (SSSR count). The Morgan fingerprint density at radius 3 is 2.26 bits per heavy atom.